The Hall–Kier alpha value is -3.87. The molecule has 166 valence electrons. The zero-order chi connectivity index (χ0) is 23.3. The van der Waals surface area contributed by atoms with Crippen molar-refractivity contribution in [3.05, 3.63) is 77.6 Å². The smallest absolute Gasteiger partial charge is 0.328 e. The molecular formula is C25H26N2O5. The van der Waals surface area contributed by atoms with Crippen LogP contribution in [-0.4, -0.2) is 35.1 Å². The van der Waals surface area contributed by atoms with Gasteiger partial charge in [0, 0.05) is 12.3 Å². The minimum Gasteiger partial charge on any atom is -0.503 e. The Labute approximate surface area is 187 Å². The van der Waals surface area contributed by atoms with E-state index >= 15 is 0 Å². The lowest BCUT2D eigenvalue weighted by atomic mass is 10.0. The van der Waals surface area contributed by atoms with Crippen molar-refractivity contribution in [2.75, 3.05) is 7.11 Å². The molecule has 0 saturated heterocycles. The lowest BCUT2D eigenvalue weighted by Gasteiger charge is -2.18. The Kier molecular flexibility index (Phi) is 7.10. The molecule has 32 heavy (non-hydrogen) atoms. The number of nitrogens with zero attached hydrogens (tertiary/aromatic N) is 1. The first-order valence-corrected chi connectivity index (χ1v) is 10.2. The number of nitrogens with one attached hydrogen (secondary N) is 1. The Bertz CT molecular complexity index is 1090. The van der Waals surface area contributed by atoms with E-state index in [4.69, 9.17) is 9.47 Å². The highest BCUT2D eigenvalue weighted by atomic mass is 16.5. The number of carbonyl (C=O) groups is 2. The molecule has 0 spiro atoms. The van der Waals surface area contributed by atoms with Gasteiger partial charge in [0.25, 0.3) is 5.91 Å². The van der Waals surface area contributed by atoms with E-state index in [1.165, 1.54) is 31.9 Å². The summed E-state index contributed by atoms with van der Waals surface area (Å²) in [5.41, 5.74) is 3.98. The second kappa shape index (κ2) is 9.96. The number of pyridine rings is 1. The Morgan fingerprint density at radius 3 is 2.16 bits per heavy atom. The van der Waals surface area contributed by atoms with Crippen molar-refractivity contribution in [3.63, 3.8) is 0 Å². The van der Waals surface area contributed by atoms with Crippen LogP contribution in [0.25, 0.3) is 11.1 Å². The monoisotopic (exact) mass is 434 g/mol. The maximum absolute atomic E-state index is 12.5. The third kappa shape index (κ3) is 5.24. The number of esters is 1. The number of carbonyl (C=O) groups excluding carboxylic acids is 2. The van der Waals surface area contributed by atoms with Gasteiger partial charge in [-0.15, -0.1) is 0 Å². The summed E-state index contributed by atoms with van der Waals surface area (Å²) in [6, 6.07) is 16.5. The van der Waals surface area contributed by atoms with Crippen LogP contribution in [0.5, 0.6) is 11.5 Å². The van der Waals surface area contributed by atoms with Gasteiger partial charge in [-0.05, 0) is 37.5 Å². The number of hydrogen-bond acceptors (Lipinski definition) is 6. The van der Waals surface area contributed by atoms with Gasteiger partial charge in [0.15, 0.2) is 17.2 Å². The molecule has 0 unspecified atom stereocenters. The molecule has 1 aromatic heterocycles. The van der Waals surface area contributed by atoms with Crippen molar-refractivity contribution in [2.24, 2.45) is 0 Å². The Balaban J connectivity index is 1.61. The van der Waals surface area contributed by atoms with E-state index in [1.807, 2.05) is 31.2 Å². The van der Waals surface area contributed by atoms with Gasteiger partial charge in [-0.2, -0.15) is 0 Å². The van der Waals surface area contributed by atoms with E-state index in [-0.39, 0.29) is 11.4 Å². The first kappa shape index (κ1) is 22.8. The number of amides is 1. The fourth-order valence-electron chi connectivity index (χ4n) is 3.13. The number of methoxy groups -OCH3 is 1. The van der Waals surface area contributed by atoms with E-state index in [0.717, 1.165) is 16.7 Å². The summed E-state index contributed by atoms with van der Waals surface area (Å²) < 4.78 is 10.5. The molecule has 0 saturated carbocycles. The minimum atomic E-state index is -0.941. The average Bonchev–Trinajstić information content (AvgIpc) is 2.79. The lowest BCUT2D eigenvalue weighted by Crippen LogP contribution is -2.40. The molecule has 0 radical (unpaired) electrons. The first-order chi connectivity index (χ1) is 15.3. The van der Waals surface area contributed by atoms with Crippen molar-refractivity contribution < 1.29 is 24.2 Å². The van der Waals surface area contributed by atoms with Crippen molar-refractivity contribution in [2.45, 2.75) is 32.9 Å². The van der Waals surface area contributed by atoms with Gasteiger partial charge in [0.05, 0.1) is 7.11 Å². The standard InChI is InChI=1S/C25H26N2O5/c1-15-5-7-19(8-6-15)20-11-9-18(10-12-20)17(3)32-25(30)16(2)27-24(29)22-23(28)21(31-4)13-14-26-22/h5-14,16-17,28H,1-4H3,(H,27,29)/t16-,17-/m0/s1. The highest BCUT2D eigenvalue weighted by Crippen LogP contribution is 2.28. The molecule has 2 aromatic carbocycles. The van der Waals surface area contributed by atoms with Gasteiger partial charge in [0.1, 0.15) is 12.1 Å². The number of ether oxygens (including phenoxy) is 2. The molecule has 1 amide bonds. The zero-order valence-electron chi connectivity index (χ0n) is 18.5. The van der Waals surface area contributed by atoms with Crippen LogP contribution in [0.1, 0.15) is 41.6 Å². The predicted molar refractivity (Wildman–Crippen MR) is 121 cm³/mol. The summed E-state index contributed by atoms with van der Waals surface area (Å²) >= 11 is 0. The van der Waals surface area contributed by atoms with E-state index in [9.17, 15) is 14.7 Å². The van der Waals surface area contributed by atoms with E-state index < -0.39 is 29.8 Å². The molecule has 7 nitrogen and oxygen atoms in total. The molecule has 7 heteroatoms. The van der Waals surface area contributed by atoms with Crippen molar-refractivity contribution in [1.82, 2.24) is 10.3 Å². The van der Waals surface area contributed by atoms with Crippen LogP contribution in [0.15, 0.2) is 60.8 Å². The van der Waals surface area contributed by atoms with Crippen LogP contribution in [0.4, 0.5) is 0 Å². The highest BCUT2D eigenvalue weighted by molar-refractivity contribution is 5.97. The van der Waals surface area contributed by atoms with Crippen LogP contribution < -0.4 is 10.1 Å². The summed E-state index contributed by atoms with van der Waals surface area (Å²) in [6.07, 6.45) is 0.830. The van der Waals surface area contributed by atoms with Crippen molar-refractivity contribution in [3.8, 4) is 22.6 Å². The average molecular weight is 434 g/mol. The third-order valence-electron chi connectivity index (χ3n) is 5.08. The molecule has 3 rings (SSSR count). The minimum absolute atomic E-state index is 0.114. The summed E-state index contributed by atoms with van der Waals surface area (Å²) in [4.78, 5) is 28.7. The molecule has 0 aliphatic rings. The maximum Gasteiger partial charge on any atom is 0.328 e. The second-order valence-corrected chi connectivity index (χ2v) is 7.47. The summed E-state index contributed by atoms with van der Waals surface area (Å²) in [6.45, 7) is 5.32. The SMILES string of the molecule is COc1ccnc(C(=O)N[C@@H](C)C(=O)O[C@@H](C)c2ccc(-c3ccc(C)cc3)cc2)c1O. The molecule has 1 heterocycles. The summed E-state index contributed by atoms with van der Waals surface area (Å²) in [5, 5.41) is 12.5. The number of hydrogen-bond donors (Lipinski definition) is 2. The van der Waals surface area contributed by atoms with Gasteiger partial charge in [0.2, 0.25) is 0 Å². The van der Waals surface area contributed by atoms with Gasteiger partial charge in [-0.1, -0.05) is 54.1 Å². The zero-order valence-corrected chi connectivity index (χ0v) is 18.5. The molecule has 2 atom stereocenters. The van der Waals surface area contributed by atoms with Gasteiger partial charge in [-0.25, -0.2) is 9.78 Å². The van der Waals surface area contributed by atoms with Crippen LogP contribution in [0, 0.1) is 6.92 Å². The molecular weight excluding hydrogens is 408 g/mol. The van der Waals surface area contributed by atoms with Crippen LogP contribution in [-0.2, 0) is 9.53 Å². The fraction of sp³-hybridized carbons (Fsp3) is 0.240. The number of benzene rings is 2. The molecule has 3 aromatic rings. The molecule has 0 aliphatic carbocycles. The number of aromatic nitrogens is 1. The molecule has 0 bridgehead atoms. The Morgan fingerprint density at radius 2 is 1.56 bits per heavy atom. The normalized spacial score (nSPS) is 12.5. The van der Waals surface area contributed by atoms with Gasteiger partial charge < -0.3 is 19.9 Å². The first-order valence-electron chi connectivity index (χ1n) is 10.2. The topological polar surface area (TPSA) is 97.8 Å². The molecule has 0 aliphatic heterocycles. The largest absolute Gasteiger partial charge is 0.503 e. The number of aromatic hydroxyl groups is 1. The van der Waals surface area contributed by atoms with Crippen molar-refractivity contribution >= 4 is 11.9 Å². The fourth-order valence-corrected chi connectivity index (χ4v) is 3.13. The van der Waals surface area contributed by atoms with Gasteiger partial charge in [-0.3, -0.25) is 4.79 Å². The quantitative estimate of drug-likeness (QED) is 0.541. The highest BCUT2D eigenvalue weighted by Gasteiger charge is 2.24. The Morgan fingerprint density at radius 1 is 0.969 bits per heavy atom. The summed E-state index contributed by atoms with van der Waals surface area (Å²) in [5.74, 6) is -1.59. The van der Waals surface area contributed by atoms with E-state index in [1.54, 1.807) is 6.92 Å². The van der Waals surface area contributed by atoms with E-state index in [2.05, 4.69) is 34.6 Å². The van der Waals surface area contributed by atoms with Crippen LogP contribution >= 0.6 is 0 Å². The van der Waals surface area contributed by atoms with Crippen molar-refractivity contribution in [1.29, 1.82) is 0 Å². The lowest BCUT2D eigenvalue weighted by molar-refractivity contribution is -0.150. The summed E-state index contributed by atoms with van der Waals surface area (Å²) in [7, 11) is 1.37. The van der Waals surface area contributed by atoms with E-state index in [0.29, 0.717) is 0 Å². The third-order valence-corrected chi connectivity index (χ3v) is 5.08. The predicted octanol–water partition coefficient (Wildman–Crippen LogP) is 4.19. The maximum atomic E-state index is 12.5. The second-order valence-electron chi connectivity index (χ2n) is 7.47. The van der Waals surface area contributed by atoms with Crippen LogP contribution in [0.3, 0.4) is 0 Å². The number of rotatable bonds is 7. The van der Waals surface area contributed by atoms with Crippen LogP contribution in [0.2, 0.25) is 0 Å². The van der Waals surface area contributed by atoms with Gasteiger partial charge >= 0.3 is 5.97 Å². The molecule has 2 N–H and O–H groups in total. The molecule has 0 fully saturated rings. The number of aryl methyl sites for hydroxylation is 1.